The maximum atomic E-state index is 10.3. The molecule has 0 fully saturated rings. The number of nitro groups is 1. The molecule has 1 aromatic heterocycles. The molecule has 0 radical (unpaired) electrons. The molecular formula is C6H2BrN3O2. The summed E-state index contributed by atoms with van der Waals surface area (Å²) in [6, 6.07) is 1.72. The van der Waals surface area contributed by atoms with Gasteiger partial charge in [0, 0.05) is 6.20 Å². The monoisotopic (exact) mass is 227 g/mol. The van der Waals surface area contributed by atoms with Gasteiger partial charge in [-0.05, 0) is 15.9 Å². The summed E-state index contributed by atoms with van der Waals surface area (Å²) in [5.41, 5.74) is -0.290. The Morgan fingerprint density at radius 3 is 2.75 bits per heavy atom. The predicted molar refractivity (Wildman–Crippen MR) is 43.3 cm³/mol. The van der Waals surface area contributed by atoms with E-state index in [-0.39, 0.29) is 11.3 Å². The van der Waals surface area contributed by atoms with E-state index in [1.165, 1.54) is 6.20 Å². The molecule has 1 rings (SSSR count). The smallest absolute Gasteiger partial charge is 0.258 e. The minimum absolute atomic E-state index is 0.00463. The van der Waals surface area contributed by atoms with Gasteiger partial charge in [-0.15, -0.1) is 0 Å². The zero-order valence-corrected chi connectivity index (χ0v) is 7.28. The van der Waals surface area contributed by atoms with E-state index in [4.69, 9.17) is 5.26 Å². The molecule has 0 saturated heterocycles. The summed E-state index contributed by atoms with van der Waals surface area (Å²) in [5, 5.41) is 18.9. The molecule has 0 saturated carbocycles. The summed E-state index contributed by atoms with van der Waals surface area (Å²) < 4.78 is 0.333. The van der Waals surface area contributed by atoms with Crippen LogP contribution in [-0.4, -0.2) is 9.91 Å². The van der Waals surface area contributed by atoms with Crippen molar-refractivity contribution in [3.8, 4) is 6.07 Å². The van der Waals surface area contributed by atoms with Crippen molar-refractivity contribution < 1.29 is 4.92 Å². The Bertz CT molecular complexity index is 372. The van der Waals surface area contributed by atoms with Crippen LogP contribution in [0.4, 0.5) is 5.69 Å². The van der Waals surface area contributed by atoms with E-state index < -0.39 is 4.92 Å². The number of nitriles is 1. The SMILES string of the molecule is N#Cc1c(Br)cncc1[N+](=O)[O-]. The van der Waals surface area contributed by atoms with Crippen LogP contribution in [0.15, 0.2) is 16.9 Å². The Morgan fingerprint density at radius 2 is 2.33 bits per heavy atom. The molecule has 1 heterocycles. The molecule has 0 aromatic carbocycles. The molecule has 0 aliphatic rings. The number of hydrogen-bond acceptors (Lipinski definition) is 4. The second kappa shape index (κ2) is 3.28. The van der Waals surface area contributed by atoms with Gasteiger partial charge in [0.1, 0.15) is 17.8 Å². The molecule has 0 aliphatic heterocycles. The van der Waals surface area contributed by atoms with Crippen LogP contribution in [0.1, 0.15) is 5.56 Å². The molecule has 0 aliphatic carbocycles. The molecule has 1 aromatic rings. The van der Waals surface area contributed by atoms with Crippen molar-refractivity contribution >= 4 is 21.6 Å². The first kappa shape index (κ1) is 8.62. The number of hydrogen-bond donors (Lipinski definition) is 0. The Balaban J connectivity index is 3.40. The summed E-state index contributed by atoms with van der Waals surface area (Å²) in [5.74, 6) is 0. The Kier molecular flexibility index (Phi) is 2.35. The van der Waals surface area contributed by atoms with E-state index in [1.54, 1.807) is 6.07 Å². The van der Waals surface area contributed by atoms with Crippen molar-refractivity contribution in [3.63, 3.8) is 0 Å². The van der Waals surface area contributed by atoms with Gasteiger partial charge in [-0.3, -0.25) is 15.1 Å². The van der Waals surface area contributed by atoms with Gasteiger partial charge < -0.3 is 0 Å². The Labute approximate surface area is 75.9 Å². The third-order valence-corrected chi connectivity index (χ3v) is 1.79. The minimum atomic E-state index is -0.643. The van der Waals surface area contributed by atoms with Crippen LogP contribution in [0.5, 0.6) is 0 Å². The van der Waals surface area contributed by atoms with E-state index in [0.29, 0.717) is 4.47 Å². The van der Waals surface area contributed by atoms with Crippen LogP contribution < -0.4 is 0 Å². The maximum Gasteiger partial charge on any atom is 0.306 e. The van der Waals surface area contributed by atoms with Crippen molar-refractivity contribution in [2.75, 3.05) is 0 Å². The predicted octanol–water partition coefficient (Wildman–Crippen LogP) is 1.62. The first-order chi connectivity index (χ1) is 5.66. The molecule has 5 nitrogen and oxygen atoms in total. The number of nitrogens with zero attached hydrogens (tertiary/aromatic N) is 3. The van der Waals surface area contributed by atoms with Crippen LogP contribution in [0.25, 0.3) is 0 Å². The summed E-state index contributed by atoms with van der Waals surface area (Å²) >= 11 is 2.99. The highest BCUT2D eigenvalue weighted by molar-refractivity contribution is 9.10. The fourth-order valence-corrected chi connectivity index (χ4v) is 1.08. The van der Waals surface area contributed by atoms with Gasteiger partial charge in [-0.2, -0.15) is 5.26 Å². The highest BCUT2D eigenvalue weighted by Crippen LogP contribution is 2.23. The van der Waals surface area contributed by atoms with E-state index in [0.717, 1.165) is 6.20 Å². The zero-order valence-electron chi connectivity index (χ0n) is 5.69. The van der Waals surface area contributed by atoms with Crippen molar-refractivity contribution in [2.45, 2.75) is 0 Å². The molecule has 0 bridgehead atoms. The van der Waals surface area contributed by atoms with Gasteiger partial charge in [-0.25, -0.2) is 0 Å². The van der Waals surface area contributed by atoms with Gasteiger partial charge in [0.2, 0.25) is 0 Å². The topological polar surface area (TPSA) is 79.8 Å². The van der Waals surface area contributed by atoms with Gasteiger partial charge in [0.15, 0.2) is 0 Å². The third kappa shape index (κ3) is 1.40. The normalized spacial score (nSPS) is 9.00. The summed E-state index contributed by atoms with van der Waals surface area (Å²) in [7, 11) is 0. The van der Waals surface area contributed by atoms with Gasteiger partial charge in [0.05, 0.1) is 9.40 Å². The van der Waals surface area contributed by atoms with Crippen molar-refractivity contribution in [1.29, 1.82) is 5.26 Å². The van der Waals surface area contributed by atoms with Gasteiger partial charge in [0.25, 0.3) is 0 Å². The minimum Gasteiger partial charge on any atom is -0.258 e. The van der Waals surface area contributed by atoms with E-state index in [1.807, 2.05) is 0 Å². The lowest BCUT2D eigenvalue weighted by Gasteiger charge is -1.94. The lowest BCUT2D eigenvalue weighted by atomic mass is 10.2. The fraction of sp³-hybridized carbons (Fsp3) is 0. The maximum absolute atomic E-state index is 10.3. The van der Waals surface area contributed by atoms with Crippen molar-refractivity contribution in [3.05, 3.63) is 32.5 Å². The van der Waals surface area contributed by atoms with Crippen LogP contribution in [0, 0.1) is 21.4 Å². The lowest BCUT2D eigenvalue weighted by molar-refractivity contribution is -0.385. The van der Waals surface area contributed by atoms with Crippen LogP contribution >= 0.6 is 15.9 Å². The molecule has 0 spiro atoms. The van der Waals surface area contributed by atoms with E-state index in [2.05, 4.69) is 20.9 Å². The third-order valence-electron chi connectivity index (χ3n) is 1.19. The number of pyridine rings is 1. The Morgan fingerprint density at radius 1 is 1.67 bits per heavy atom. The quantitative estimate of drug-likeness (QED) is 0.540. The highest BCUT2D eigenvalue weighted by Gasteiger charge is 2.16. The standard InChI is InChI=1S/C6H2BrN3O2/c7-5-2-9-3-6(10(11)12)4(5)1-8/h2-3H. The van der Waals surface area contributed by atoms with Crippen LogP contribution in [-0.2, 0) is 0 Å². The number of aromatic nitrogens is 1. The lowest BCUT2D eigenvalue weighted by Crippen LogP contribution is -1.93. The first-order valence-corrected chi connectivity index (χ1v) is 3.64. The van der Waals surface area contributed by atoms with Gasteiger partial charge >= 0.3 is 5.69 Å². The summed E-state index contributed by atoms with van der Waals surface area (Å²) in [4.78, 5) is 13.3. The fourth-order valence-electron chi connectivity index (χ4n) is 0.674. The molecule has 6 heteroatoms. The molecule has 0 atom stereocenters. The summed E-state index contributed by atoms with van der Waals surface area (Å²) in [6.45, 7) is 0. The van der Waals surface area contributed by atoms with Crippen molar-refractivity contribution in [1.82, 2.24) is 4.98 Å². The Hall–Kier alpha value is -1.48. The van der Waals surface area contributed by atoms with E-state index in [9.17, 15) is 10.1 Å². The molecule has 12 heavy (non-hydrogen) atoms. The average Bonchev–Trinajstić information content (AvgIpc) is 2.03. The summed E-state index contributed by atoms with van der Waals surface area (Å²) in [6.07, 6.45) is 2.38. The van der Waals surface area contributed by atoms with Crippen LogP contribution in [0.2, 0.25) is 0 Å². The molecule has 0 N–H and O–H groups in total. The molecule has 0 amide bonds. The molecule has 60 valence electrons. The van der Waals surface area contributed by atoms with Gasteiger partial charge in [-0.1, -0.05) is 0 Å². The average molecular weight is 228 g/mol. The largest absolute Gasteiger partial charge is 0.306 e. The molecular weight excluding hydrogens is 226 g/mol. The number of halogens is 1. The van der Waals surface area contributed by atoms with Crippen molar-refractivity contribution in [2.24, 2.45) is 0 Å². The molecule has 0 unspecified atom stereocenters. The first-order valence-electron chi connectivity index (χ1n) is 2.85. The second-order valence-electron chi connectivity index (χ2n) is 1.88. The van der Waals surface area contributed by atoms with Crippen LogP contribution in [0.3, 0.4) is 0 Å². The highest BCUT2D eigenvalue weighted by atomic mass is 79.9. The zero-order chi connectivity index (χ0) is 9.14. The number of rotatable bonds is 1. The second-order valence-corrected chi connectivity index (χ2v) is 2.74. The van der Waals surface area contributed by atoms with E-state index >= 15 is 0 Å².